The van der Waals surface area contributed by atoms with Crippen molar-refractivity contribution in [3.63, 3.8) is 0 Å². The Kier molecular flexibility index (Phi) is 59.7. The molecule has 3 amide bonds. The first-order valence-corrected chi connectivity index (χ1v) is 36.7. The number of hydrogen-bond acceptors (Lipinski definition) is 15. The molecule has 0 rings (SSSR count). The minimum absolute atomic E-state index is 0.106. The van der Waals surface area contributed by atoms with Crippen LogP contribution in [0.3, 0.4) is 0 Å². The number of hydrogen-bond donors (Lipinski definition) is 7. The Hall–Kier alpha value is -3.42. The average molecular weight is 1270 g/mol. The van der Waals surface area contributed by atoms with Gasteiger partial charge in [0.05, 0.1) is 6.61 Å². The lowest BCUT2D eigenvalue weighted by Crippen LogP contribution is -2.49. The number of carbonyl (C=O) groups excluding carboxylic acids is 6. The van der Waals surface area contributed by atoms with E-state index in [-0.39, 0.29) is 121 Å². The molecule has 0 heterocycles. The van der Waals surface area contributed by atoms with Crippen LogP contribution in [0, 0.1) is 0 Å². The lowest BCUT2D eigenvalue weighted by Gasteiger charge is -2.29. The fourth-order valence-electron chi connectivity index (χ4n) is 11.3. The standard InChI is InChI=1S/C71H137N5O13/c1-7-13-19-25-31-41-60(42-32-26-20-14-8-2)87-66(81)47-37-50-72-69(84)63(78)57-75(55-56-77)53-40-54-76(58-64(79)70(85)73-51-38-48-67(82)88-61(43-33-27-21-15-9-3)44-34-28-22-16-10-4)59-65(80)71(86)74-52-39-49-68(83)89-62(45-35-29-23-17-11-5)46-36-30-24-18-12-6/h60-65,77-80H,7-59H2,1-6H3,(H,72,84)(H,73,85)(H,74,86). The number of aliphatic hydroxyl groups excluding tert-OH is 4. The highest BCUT2D eigenvalue weighted by Gasteiger charge is 2.26. The molecule has 0 bridgehead atoms. The third-order valence-electron chi connectivity index (χ3n) is 16.8. The van der Waals surface area contributed by atoms with E-state index < -0.39 is 36.0 Å². The maximum Gasteiger partial charge on any atom is 0.306 e. The topological polar surface area (TPSA) is 254 Å². The summed E-state index contributed by atoms with van der Waals surface area (Å²) in [6.45, 7) is 13.2. The van der Waals surface area contributed by atoms with Gasteiger partial charge < -0.3 is 50.6 Å². The van der Waals surface area contributed by atoms with Crippen LogP contribution in [0.4, 0.5) is 0 Å². The molecule has 0 aliphatic rings. The minimum atomic E-state index is -1.56. The van der Waals surface area contributed by atoms with Crippen molar-refractivity contribution in [1.29, 1.82) is 0 Å². The number of nitrogens with one attached hydrogen (secondary N) is 3. The molecule has 524 valence electrons. The Labute approximate surface area is 542 Å². The third kappa shape index (κ3) is 52.7. The molecule has 7 N–H and O–H groups in total. The first-order chi connectivity index (χ1) is 43.2. The zero-order valence-corrected chi connectivity index (χ0v) is 57.8. The molecule has 0 spiro atoms. The van der Waals surface area contributed by atoms with Crippen LogP contribution >= 0.6 is 0 Å². The quantitative estimate of drug-likeness (QED) is 0.0170. The van der Waals surface area contributed by atoms with Gasteiger partial charge in [0.2, 0.25) is 17.7 Å². The number of unbranched alkanes of at least 4 members (excludes halogenated alkanes) is 24. The van der Waals surface area contributed by atoms with E-state index in [0.29, 0.717) is 25.7 Å². The molecule has 0 saturated heterocycles. The highest BCUT2D eigenvalue weighted by molar-refractivity contribution is 5.82. The second-order valence-electron chi connectivity index (χ2n) is 25.4. The Morgan fingerprint density at radius 1 is 0.315 bits per heavy atom. The zero-order chi connectivity index (χ0) is 65.8. The number of esters is 3. The maximum atomic E-state index is 13.3. The summed E-state index contributed by atoms with van der Waals surface area (Å²) in [5, 5.41) is 51.5. The Bertz CT molecular complexity index is 1580. The molecular formula is C71H137N5O13. The lowest BCUT2D eigenvalue weighted by atomic mass is 10.0. The van der Waals surface area contributed by atoms with E-state index in [1.54, 1.807) is 9.80 Å². The number of nitrogens with zero attached hydrogens (tertiary/aromatic N) is 2. The second-order valence-corrected chi connectivity index (χ2v) is 25.4. The maximum absolute atomic E-state index is 13.3. The van der Waals surface area contributed by atoms with Crippen LogP contribution in [-0.2, 0) is 43.0 Å². The molecule has 3 unspecified atom stereocenters. The van der Waals surface area contributed by atoms with Gasteiger partial charge in [-0.2, -0.15) is 0 Å². The SMILES string of the molecule is CCCCCCCC(CCCCCCC)OC(=O)CCCNC(=O)C(O)CN(CCO)CCCN(CC(O)C(=O)NCCCC(=O)OC(CCCCCCC)CCCCCCC)CC(O)C(=O)NCCCC(=O)OC(CCCCCCC)CCCCCCC. The van der Waals surface area contributed by atoms with Crippen LogP contribution in [0.25, 0.3) is 0 Å². The summed E-state index contributed by atoms with van der Waals surface area (Å²) in [5.41, 5.74) is 0. The summed E-state index contributed by atoms with van der Waals surface area (Å²) in [7, 11) is 0. The molecule has 0 fully saturated rings. The molecule has 0 aliphatic carbocycles. The summed E-state index contributed by atoms with van der Waals surface area (Å²) in [4.78, 5) is 81.9. The fourth-order valence-corrected chi connectivity index (χ4v) is 11.3. The van der Waals surface area contributed by atoms with Gasteiger partial charge in [0.25, 0.3) is 0 Å². The van der Waals surface area contributed by atoms with Gasteiger partial charge >= 0.3 is 17.9 Å². The molecule has 0 aliphatic heterocycles. The Morgan fingerprint density at radius 3 is 0.798 bits per heavy atom. The van der Waals surface area contributed by atoms with Gasteiger partial charge in [-0.1, -0.05) is 196 Å². The highest BCUT2D eigenvalue weighted by atomic mass is 16.6. The van der Waals surface area contributed by atoms with Crippen LogP contribution in [0.5, 0.6) is 0 Å². The molecule has 0 aromatic heterocycles. The van der Waals surface area contributed by atoms with E-state index in [0.717, 1.165) is 141 Å². The van der Waals surface area contributed by atoms with Gasteiger partial charge in [-0.05, 0) is 116 Å². The van der Waals surface area contributed by atoms with Crippen molar-refractivity contribution in [1.82, 2.24) is 25.8 Å². The van der Waals surface area contributed by atoms with Gasteiger partial charge in [-0.15, -0.1) is 0 Å². The first kappa shape index (κ1) is 85.6. The molecule has 0 saturated carbocycles. The Balaban J connectivity index is 5.72. The fraction of sp³-hybridized carbons (Fsp3) is 0.915. The number of aliphatic hydroxyl groups is 4. The molecular weight excluding hydrogens is 1130 g/mol. The Morgan fingerprint density at radius 2 is 0.551 bits per heavy atom. The second kappa shape index (κ2) is 62.1. The van der Waals surface area contributed by atoms with Crippen molar-refractivity contribution < 1.29 is 63.4 Å². The normalized spacial score (nSPS) is 12.7. The van der Waals surface area contributed by atoms with Crippen molar-refractivity contribution in [3.05, 3.63) is 0 Å². The summed E-state index contributed by atoms with van der Waals surface area (Å²) < 4.78 is 17.8. The predicted octanol–water partition coefficient (Wildman–Crippen LogP) is 12.6. The van der Waals surface area contributed by atoms with Crippen molar-refractivity contribution >= 4 is 35.6 Å². The van der Waals surface area contributed by atoms with Gasteiger partial charge in [0.15, 0.2) is 0 Å². The number of amides is 3. The average Bonchev–Trinajstić information content (AvgIpc) is 3.59. The van der Waals surface area contributed by atoms with E-state index in [9.17, 15) is 49.2 Å². The third-order valence-corrected chi connectivity index (χ3v) is 16.8. The summed E-state index contributed by atoms with van der Waals surface area (Å²) in [5.74, 6) is -2.88. The number of ether oxygens (including phenoxy) is 3. The largest absolute Gasteiger partial charge is 0.462 e. The predicted molar refractivity (Wildman–Crippen MR) is 359 cm³/mol. The van der Waals surface area contributed by atoms with E-state index in [1.165, 1.54) is 89.9 Å². The molecule has 89 heavy (non-hydrogen) atoms. The molecule has 18 heteroatoms. The molecule has 18 nitrogen and oxygen atoms in total. The van der Waals surface area contributed by atoms with Crippen molar-refractivity contribution in [3.8, 4) is 0 Å². The first-order valence-electron chi connectivity index (χ1n) is 36.7. The van der Waals surface area contributed by atoms with Crippen molar-refractivity contribution in [2.24, 2.45) is 0 Å². The van der Waals surface area contributed by atoms with Crippen molar-refractivity contribution in [2.45, 2.75) is 354 Å². The van der Waals surface area contributed by atoms with E-state index >= 15 is 0 Å². The van der Waals surface area contributed by atoms with E-state index in [2.05, 4.69) is 57.5 Å². The van der Waals surface area contributed by atoms with Crippen LogP contribution in [0.15, 0.2) is 0 Å². The molecule has 0 radical (unpaired) electrons. The van der Waals surface area contributed by atoms with Gasteiger partial charge in [-0.25, -0.2) is 0 Å². The zero-order valence-electron chi connectivity index (χ0n) is 57.8. The summed E-state index contributed by atoms with van der Waals surface area (Å²) in [6, 6.07) is 0. The molecule has 0 aromatic rings. The van der Waals surface area contributed by atoms with Crippen LogP contribution in [0.2, 0.25) is 0 Å². The number of carbonyl (C=O) groups is 6. The minimum Gasteiger partial charge on any atom is -0.462 e. The van der Waals surface area contributed by atoms with E-state index in [4.69, 9.17) is 14.2 Å². The van der Waals surface area contributed by atoms with Gasteiger partial charge in [0.1, 0.15) is 36.6 Å². The van der Waals surface area contributed by atoms with Gasteiger partial charge in [-0.3, -0.25) is 38.6 Å². The van der Waals surface area contributed by atoms with Crippen LogP contribution in [-0.4, -0.2) is 168 Å². The van der Waals surface area contributed by atoms with Crippen molar-refractivity contribution in [2.75, 3.05) is 65.5 Å². The highest BCUT2D eigenvalue weighted by Crippen LogP contribution is 2.21. The smallest absolute Gasteiger partial charge is 0.306 e. The van der Waals surface area contributed by atoms with Crippen LogP contribution < -0.4 is 16.0 Å². The van der Waals surface area contributed by atoms with Gasteiger partial charge in [0, 0.05) is 65.1 Å². The number of rotatable bonds is 66. The summed E-state index contributed by atoms with van der Waals surface area (Å²) >= 11 is 0. The van der Waals surface area contributed by atoms with E-state index in [1.807, 2.05) is 0 Å². The van der Waals surface area contributed by atoms with Crippen LogP contribution in [0.1, 0.15) is 318 Å². The summed E-state index contributed by atoms with van der Waals surface area (Å²) in [6.07, 6.45) is 35.9. The lowest BCUT2D eigenvalue weighted by molar-refractivity contribution is -0.151. The molecule has 3 atom stereocenters. The molecule has 0 aromatic carbocycles. The monoisotopic (exact) mass is 1270 g/mol.